The molecule has 0 unspecified atom stereocenters. The minimum atomic E-state index is -0.608. The highest BCUT2D eigenvalue weighted by atomic mass is 15.1. The maximum absolute atomic E-state index is 2.46. The summed E-state index contributed by atoms with van der Waals surface area (Å²) in [5.74, 6) is 0. The summed E-state index contributed by atoms with van der Waals surface area (Å²) in [6.07, 6.45) is 2.22. The van der Waals surface area contributed by atoms with Crippen LogP contribution in [0, 0.1) is 0 Å². The van der Waals surface area contributed by atoms with E-state index in [1.54, 1.807) is 0 Å². The normalized spacial score (nSPS) is 12.4. The Bertz CT molecular complexity index is 3310. The summed E-state index contributed by atoms with van der Waals surface area (Å²) in [6.45, 7) is 0. The molecule has 2 heteroatoms. The van der Waals surface area contributed by atoms with E-state index >= 15 is 0 Å². The van der Waals surface area contributed by atoms with Crippen LogP contribution in [0.2, 0.25) is 0 Å². The lowest BCUT2D eigenvalue weighted by Crippen LogP contribution is -2.29. The van der Waals surface area contributed by atoms with E-state index in [0.29, 0.717) is 0 Å². The highest BCUT2D eigenvalue weighted by Crippen LogP contribution is 2.58. The third kappa shape index (κ3) is 6.58. The topological polar surface area (TPSA) is 8.17 Å². The Morgan fingerprint density at radius 3 is 1.25 bits per heavy atom. The molecule has 0 spiro atoms. The lowest BCUT2D eigenvalue weighted by molar-refractivity contribution is 0.767. The quantitative estimate of drug-likeness (QED) is 0.141. The molecule has 1 heterocycles. The standard InChI is InChI=1S/C63H44N2/c1-6-16-45(17-7-1)48-26-31-54(32-27-48)65(55-33-28-49(29-34-55)46-18-8-2-9-19-46)57-36-38-59-58-37-35-56(64-41-40-51-42-50(30-39-62(51)64)47-20-10-3-11-21-47)43-60(58)63(61(59)44-57,52-22-12-4-13-23-52)53-24-14-5-15-25-53/h1-44H. The van der Waals surface area contributed by atoms with Crippen LogP contribution in [0.5, 0.6) is 0 Å². The number of hydrogen-bond donors (Lipinski definition) is 0. The van der Waals surface area contributed by atoms with Crippen molar-refractivity contribution < 1.29 is 0 Å². The molecule has 0 fully saturated rings. The van der Waals surface area contributed by atoms with Crippen LogP contribution in [0.3, 0.4) is 0 Å². The van der Waals surface area contributed by atoms with Crippen LogP contribution in [-0.4, -0.2) is 4.57 Å². The molecule has 0 radical (unpaired) electrons. The van der Waals surface area contributed by atoms with Gasteiger partial charge in [0.1, 0.15) is 0 Å². The third-order valence-electron chi connectivity index (χ3n) is 13.3. The Hall–Kier alpha value is -8.46. The smallest absolute Gasteiger partial charge is 0.0715 e. The monoisotopic (exact) mass is 828 g/mol. The predicted molar refractivity (Wildman–Crippen MR) is 272 cm³/mol. The van der Waals surface area contributed by atoms with Gasteiger partial charge in [-0.25, -0.2) is 0 Å². The molecule has 65 heavy (non-hydrogen) atoms. The van der Waals surface area contributed by atoms with Gasteiger partial charge in [-0.2, -0.15) is 0 Å². The number of hydrogen-bond acceptors (Lipinski definition) is 1. The number of fused-ring (bicyclic) bond motifs is 4. The molecule has 306 valence electrons. The highest BCUT2D eigenvalue weighted by molar-refractivity contribution is 5.92. The van der Waals surface area contributed by atoms with E-state index < -0.39 is 5.41 Å². The first-order chi connectivity index (χ1) is 32.2. The van der Waals surface area contributed by atoms with E-state index in [9.17, 15) is 0 Å². The average molecular weight is 829 g/mol. The van der Waals surface area contributed by atoms with Gasteiger partial charge in [-0.05, 0) is 133 Å². The molecule has 12 rings (SSSR count). The predicted octanol–water partition coefficient (Wildman–Crippen LogP) is 16.5. The summed E-state index contributed by atoms with van der Waals surface area (Å²) in [6, 6.07) is 95.4. The van der Waals surface area contributed by atoms with Crippen molar-refractivity contribution in [1.29, 1.82) is 0 Å². The van der Waals surface area contributed by atoms with Crippen molar-refractivity contribution >= 4 is 28.0 Å². The van der Waals surface area contributed by atoms with E-state index in [1.165, 1.54) is 77.7 Å². The van der Waals surface area contributed by atoms with Crippen LogP contribution in [0.4, 0.5) is 17.1 Å². The van der Waals surface area contributed by atoms with Gasteiger partial charge in [0.15, 0.2) is 0 Å². The number of aromatic nitrogens is 1. The Kier molecular flexibility index (Phi) is 9.43. The molecule has 0 bridgehead atoms. The lowest BCUT2D eigenvalue weighted by Gasteiger charge is -2.35. The molecule has 1 aliphatic rings. The third-order valence-corrected chi connectivity index (χ3v) is 13.3. The van der Waals surface area contributed by atoms with E-state index in [2.05, 4.69) is 277 Å². The fraction of sp³-hybridized carbons (Fsp3) is 0.0159. The minimum Gasteiger partial charge on any atom is -0.317 e. The largest absolute Gasteiger partial charge is 0.317 e. The molecule has 0 atom stereocenters. The van der Waals surface area contributed by atoms with Gasteiger partial charge in [0.2, 0.25) is 0 Å². The van der Waals surface area contributed by atoms with Crippen LogP contribution in [0.25, 0.3) is 61.1 Å². The average Bonchev–Trinajstić information content (AvgIpc) is 3.95. The second-order valence-electron chi connectivity index (χ2n) is 16.9. The fourth-order valence-electron chi connectivity index (χ4n) is 10.2. The Labute approximate surface area is 380 Å². The van der Waals surface area contributed by atoms with E-state index in [0.717, 1.165) is 22.7 Å². The van der Waals surface area contributed by atoms with Crippen LogP contribution in [-0.2, 0) is 5.41 Å². The summed E-state index contributed by atoms with van der Waals surface area (Å²) < 4.78 is 2.35. The van der Waals surface area contributed by atoms with Crippen molar-refractivity contribution in [3.8, 4) is 50.2 Å². The second-order valence-corrected chi connectivity index (χ2v) is 16.9. The maximum Gasteiger partial charge on any atom is 0.0715 e. The summed E-state index contributed by atoms with van der Waals surface area (Å²) in [5.41, 5.74) is 19.7. The highest BCUT2D eigenvalue weighted by Gasteiger charge is 2.46. The Balaban J connectivity index is 1.05. The summed E-state index contributed by atoms with van der Waals surface area (Å²) in [5, 5.41) is 1.21. The number of anilines is 3. The SMILES string of the molecule is c1ccc(-c2ccc(N(c3ccc(-c4ccccc4)cc3)c3ccc4c(c3)C(c3ccccc3)(c3ccccc3)c3cc(-n5ccc6cc(-c7ccccc7)ccc65)ccc3-4)cc2)cc1. The van der Waals surface area contributed by atoms with E-state index in [1.807, 2.05) is 0 Å². The van der Waals surface area contributed by atoms with Crippen molar-refractivity contribution in [3.05, 3.63) is 289 Å². The molecule has 2 nitrogen and oxygen atoms in total. The molecule has 1 aromatic heterocycles. The van der Waals surface area contributed by atoms with Gasteiger partial charge in [-0.15, -0.1) is 0 Å². The summed E-state index contributed by atoms with van der Waals surface area (Å²) >= 11 is 0. The molecule has 0 saturated carbocycles. The molecule has 11 aromatic rings. The zero-order valence-electron chi connectivity index (χ0n) is 35.8. The molecular formula is C63H44N2. The van der Waals surface area contributed by atoms with Crippen molar-refractivity contribution in [3.63, 3.8) is 0 Å². The Morgan fingerprint density at radius 2 is 0.723 bits per heavy atom. The van der Waals surface area contributed by atoms with Gasteiger partial charge >= 0.3 is 0 Å². The molecule has 1 aliphatic carbocycles. The van der Waals surface area contributed by atoms with Gasteiger partial charge in [0, 0.05) is 34.3 Å². The molecule has 0 saturated heterocycles. The van der Waals surface area contributed by atoms with Crippen molar-refractivity contribution in [2.75, 3.05) is 4.90 Å². The van der Waals surface area contributed by atoms with Gasteiger partial charge in [0.25, 0.3) is 0 Å². The van der Waals surface area contributed by atoms with Crippen LogP contribution >= 0.6 is 0 Å². The van der Waals surface area contributed by atoms with Crippen LogP contribution < -0.4 is 4.90 Å². The van der Waals surface area contributed by atoms with E-state index in [-0.39, 0.29) is 0 Å². The first-order valence-corrected chi connectivity index (χ1v) is 22.4. The fourth-order valence-corrected chi connectivity index (χ4v) is 10.2. The van der Waals surface area contributed by atoms with Gasteiger partial charge < -0.3 is 9.47 Å². The minimum absolute atomic E-state index is 0.608. The van der Waals surface area contributed by atoms with E-state index in [4.69, 9.17) is 0 Å². The van der Waals surface area contributed by atoms with Gasteiger partial charge in [-0.1, -0.05) is 194 Å². The second kappa shape index (κ2) is 16.0. The first-order valence-electron chi connectivity index (χ1n) is 22.4. The van der Waals surface area contributed by atoms with Crippen LogP contribution in [0.15, 0.2) is 267 Å². The number of benzene rings is 10. The van der Waals surface area contributed by atoms with Gasteiger partial charge in [-0.3, -0.25) is 0 Å². The van der Waals surface area contributed by atoms with Crippen molar-refractivity contribution in [2.45, 2.75) is 5.41 Å². The zero-order valence-corrected chi connectivity index (χ0v) is 35.8. The van der Waals surface area contributed by atoms with Gasteiger partial charge in [0.05, 0.1) is 10.9 Å². The Morgan fingerprint density at radius 1 is 0.308 bits per heavy atom. The summed E-state index contributed by atoms with van der Waals surface area (Å²) in [7, 11) is 0. The summed E-state index contributed by atoms with van der Waals surface area (Å²) in [4.78, 5) is 2.41. The molecule has 10 aromatic carbocycles. The lowest BCUT2D eigenvalue weighted by atomic mass is 9.67. The zero-order chi connectivity index (χ0) is 43.2. The van der Waals surface area contributed by atoms with Crippen molar-refractivity contribution in [2.24, 2.45) is 0 Å². The maximum atomic E-state index is 2.46. The number of rotatable bonds is 9. The van der Waals surface area contributed by atoms with Crippen LogP contribution in [0.1, 0.15) is 22.3 Å². The van der Waals surface area contributed by atoms with Crippen molar-refractivity contribution in [1.82, 2.24) is 4.57 Å². The first kappa shape index (κ1) is 38.2. The molecule has 0 amide bonds. The molecule has 0 N–H and O–H groups in total. The molecule has 0 aliphatic heterocycles. The number of nitrogens with zero attached hydrogens (tertiary/aromatic N) is 2. The molecular weight excluding hydrogens is 785 g/mol.